The predicted octanol–water partition coefficient (Wildman–Crippen LogP) is 5.07. The van der Waals surface area contributed by atoms with Crippen LogP contribution in [0.1, 0.15) is 51.0 Å². The topological polar surface area (TPSA) is 15.8 Å². The molecule has 1 heteroatoms. The zero-order chi connectivity index (χ0) is 11.9. The van der Waals surface area contributed by atoms with Gasteiger partial charge in [-0.05, 0) is 24.5 Å². The molecule has 0 saturated heterocycles. The molecule has 0 fully saturated rings. The van der Waals surface area contributed by atoms with Gasteiger partial charge in [0.15, 0.2) is 0 Å². The fraction of sp³-hybridized carbons (Fsp3) is 0.500. The Labute approximate surface area is 104 Å². The Morgan fingerprint density at radius 1 is 0.941 bits per heavy atom. The van der Waals surface area contributed by atoms with Crippen LogP contribution in [0.5, 0.6) is 0 Å². The van der Waals surface area contributed by atoms with Gasteiger partial charge in [0.2, 0.25) is 0 Å². The third-order valence-corrected chi connectivity index (χ3v) is 3.47. The third kappa shape index (κ3) is 3.36. The van der Waals surface area contributed by atoms with Crippen molar-refractivity contribution in [3.05, 3.63) is 36.0 Å². The molecule has 1 heterocycles. The Balaban J connectivity index is 1.79. The summed E-state index contributed by atoms with van der Waals surface area (Å²) in [5.74, 6) is 0. The monoisotopic (exact) mass is 229 g/mol. The third-order valence-electron chi connectivity index (χ3n) is 3.47. The number of rotatable bonds is 7. The molecule has 0 radical (unpaired) electrons. The number of aromatic amines is 1. The Hall–Kier alpha value is -1.24. The lowest BCUT2D eigenvalue weighted by molar-refractivity contribution is 0.608. The van der Waals surface area contributed by atoms with E-state index in [2.05, 4.69) is 42.4 Å². The maximum absolute atomic E-state index is 3.35. The van der Waals surface area contributed by atoms with E-state index in [-0.39, 0.29) is 0 Å². The lowest BCUT2D eigenvalue weighted by Gasteiger charge is -2.00. The molecule has 0 spiro atoms. The van der Waals surface area contributed by atoms with Crippen LogP contribution < -0.4 is 0 Å². The van der Waals surface area contributed by atoms with Crippen LogP contribution in [0.15, 0.2) is 30.5 Å². The number of para-hydroxylation sites is 1. The first-order chi connectivity index (χ1) is 8.42. The van der Waals surface area contributed by atoms with Gasteiger partial charge in [-0.1, -0.05) is 57.2 Å². The summed E-state index contributed by atoms with van der Waals surface area (Å²) in [7, 11) is 0. The highest BCUT2D eigenvalue weighted by Gasteiger charge is 2.01. The van der Waals surface area contributed by atoms with Gasteiger partial charge in [-0.3, -0.25) is 0 Å². The van der Waals surface area contributed by atoms with E-state index < -0.39 is 0 Å². The molecule has 1 N–H and O–H groups in total. The molecule has 17 heavy (non-hydrogen) atoms. The van der Waals surface area contributed by atoms with Crippen LogP contribution in [0.4, 0.5) is 0 Å². The summed E-state index contributed by atoms with van der Waals surface area (Å²) < 4.78 is 0. The Bertz CT molecular complexity index is 441. The van der Waals surface area contributed by atoms with E-state index in [4.69, 9.17) is 0 Å². The molecule has 0 saturated carbocycles. The highest BCUT2D eigenvalue weighted by atomic mass is 14.7. The van der Waals surface area contributed by atoms with E-state index in [0.717, 1.165) is 0 Å². The fourth-order valence-electron chi connectivity index (χ4n) is 2.43. The number of aromatic nitrogens is 1. The average molecular weight is 229 g/mol. The molecule has 0 bridgehead atoms. The molecular weight excluding hydrogens is 206 g/mol. The van der Waals surface area contributed by atoms with Crippen molar-refractivity contribution in [3.63, 3.8) is 0 Å². The minimum Gasteiger partial charge on any atom is -0.361 e. The van der Waals surface area contributed by atoms with E-state index in [1.165, 1.54) is 61.4 Å². The van der Waals surface area contributed by atoms with Crippen molar-refractivity contribution >= 4 is 10.9 Å². The number of aryl methyl sites for hydroxylation is 1. The molecule has 92 valence electrons. The molecule has 0 atom stereocenters. The average Bonchev–Trinajstić information content (AvgIpc) is 2.77. The first kappa shape index (κ1) is 12.2. The van der Waals surface area contributed by atoms with Gasteiger partial charge in [0, 0.05) is 17.1 Å². The van der Waals surface area contributed by atoms with Crippen LogP contribution in [0.3, 0.4) is 0 Å². The summed E-state index contributed by atoms with van der Waals surface area (Å²) in [5.41, 5.74) is 2.75. The van der Waals surface area contributed by atoms with Crippen molar-refractivity contribution in [2.75, 3.05) is 0 Å². The summed E-state index contributed by atoms with van der Waals surface area (Å²) in [4.78, 5) is 3.35. The number of H-pyrrole nitrogens is 1. The van der Waals surface area contributed by atoms with Crippen molar-refractivity contribution in [3.8, 4) is 0 Å². The summed E-state index contributed by atoms with van der Waals surface area (Å²) in [5, 5.41) is 1.40. The van der Waals surface area contributed by atoms with Gasteiger partial charge < -0.3 is 4.98 Å². The summed E-state index contributed by atoms with van der Waals surface area (Å²) >= 11 is 0. The lowest BCUT2D eigenvalue weighted by atomic mass is 10.0. The largest absolute Gasteiger partial charge is 0.361 e. The highest BCUT2D eigenvalue weighted by Crippen LogP contribution is 2.20. The predicted molar refractivity (Wildman–Crippen MR) is 75.4 cm³/mol. The lowest BCUT2D eigenvalue weighted by Crippen LogP contribution is -1.84. The van der Waals surface area contributed by atoms with Crippen molar-refractivity contribution in [2.24, 2.45) is 0 Å². The van der Waals surface area contributed by atoms with Crippen LogP contribution >= 0.6 is 0 Å². The molecule has 2 aromatic rings. The second-order valence-corrected chi connectivity index (χ2v) is 4.88. The Morgan fingerprint density at radius 2 is 1.71 bits per heavy atom. The fourth-order valence-corrected chi connectivity index (χ4v) is 2.43. The molecular formula is C16H23N. The van der Waals surface area contributed by atoms with Crippen molar-refractivity contribution in [2.45, 2.75) is 51.9 Å². The molecule has 2 rings (SSSR count). The molecule has 1 aromatic heterocycles. The highest BCUT2D eigenvalue weighted by molar-refractivity contribution is 5.82. The van der Waals surface area contributed by atoms with E-state index in [9.17, 15) is 0 Å². The molecule has 1 aromatic carbocycles. The smallest absolute Gasteiger partial charge is 0.0456 e. The number of benzene rings is 1. The van der Waals surface area contributed by atoms with E-state index in [1.807, 2.05) is 0 Å². The SMILES string of the molecule is CCCCCCCCc1c[nH]c2ccccc12. The minimum atomic E-state index is 1.22. The minimum absolute atomic E-state index is 1.22. The Morgan fingerprint density at radius 3 is 2.59 bits per heavy atom. The van der Waals surface area contributed by atoms with Crippen LogP contribution in [0, 0.1) is 0 Å². The summed E-state index contributed by atoms with van der Waals surface area (Å²) in [6, 6.07) is 8.59. The normalized spacial score (nSPS) is 11.1. The van der Waals surface area contributed by atoms with E-state index in [0.29, 0.717) is 0 Å². The van der Waals surface area contributed by atoms with E-state index in [1.54, 1.807) is 0 Å². The zero-order valence-corrected chi connectivity index (χ0v) is 10.8. The van der Waals surface area contributed by atoms with Gasteiger partial charge in [0.05, 0.1) is 0 Å². The molecule has 0 aliphatic heterocycles. The molecule has 0 unspecified atom stereocenters. The molecule has 1 nitrogen and oxygen atoms in total. The van der Waals surface area contributed by atoms with Crippen molar-refractivity contribution in [1.29, 1.82) is 0 Å². The first-order valence-electron chi connectivity index (χ1n) is 6.97. The van der Waals surface area contributed by atoms with Gasteiger partial charge in [0.1, 0.15) is 0 Å². The molecule has 0 aliphatic carbocycles. The van der Waals surface area contributed by atoms with Crippen LogP contribution in [-0.2, 0) is 6.42 Å². The summed E-state index contributed by atoms with van der Waals surface area (Å²) in [6.07, 6.45) is 11.6. The standard InChI is InChI=1S/C16H23N/c1-2-3-4-5-6-7-10-14-13-17-16-12-9-8-11-15(14)16/h8-9,11-13,17H,2-7,10H2,1H3. The van der Waals surface area contributed by atoms with Crippen molar-refractivity contribution in [1.82, 2.24) is 4.98 Å². The van der Waals surface area contributed by atoms with Gasteiger partial charge >= 0.3 is 0 Å². The number of hydrogen-bond acceptors (Lipinski definition) is 0. The first-order valence-corrected chi connectivity index (χ1v) is 6.97. The van der Waals surface area contributed by atoms with Gasteiger partial charge in [-0.25, -0.2) is 0 Å². The molecule has 0 amide bonds. The van der Waals surface area contributed by atoms with E-state index >= 15 is 0 Å². The quantitative estimate of drug-likeness (QED) is 0.638. The number of unbranched alkanes of at least 4 members (excludes halogenated alkanes) is 5. The zero-order valence-electron chi connectivity index (χ0n) is 10.8. The number of nitrogens with one attached hydrogen (secondary N) is 1. The summed E-state index contributed by atoms with van der Waals surface area (Å²) in [6.45, 7) is 2.27. The van der Waals surface area contributed by atoms with Crippen LogP contribution in [0.2, 0.25) is 0 Å². The molecule has 0 aliphatic rings. The van der Waals surface area contributed by atoms with Crippen LogP contribution in [-0.4, -0.2) is 4.98 Å². The number of fused-ring (bicyclic) bond motifs is 1. The second kappa shape index (κ2) is 6.48. The maximum atomic E-state index is 3.35. The second-order valence-electron chi connectivity index (χ2n) is 4.88. The maximum Gasteiger partial charge on any atom is 0.0456 e. The number of hydrogen-bond donors (Lipinski definition) is 1. The van der Waals surface area contributed by atoms with Gasteiger partial charge in [-0.15, -0.1) is 0 Å². The van der Waals surface area contributed by atoms with Gasteiger partial charge in [0.25, 0.3) is 0 Å². The van der Waals surface area contributed by atoms with Crippen LogP contribution in [0.25, 0.3) is 10.9 Å². The van der Waals surface area contributed by atoms with Crippen molar-refractivity contribution < 1.29 is 0 Å². The van der Waals surface area contributed by atoms with Gasteiger partial charge in [-0.2, -0.15) is 0 Å². The Kier molecular flexibility index (Phi) is 4.66.